The number of nitrogens with two attached hydrogens (primary N) is 1. The van der Waals surface area contributed by atoms with E-state index < -0.39 is 5.54 Å². The number of carbonyl (C=O) groups excluding carboxylic acids is 1. The average molecular weight is 264 g/mol. The highest BCUT2D eigenvalue weighted by Gasteiger charge is 2.25. The number of nitrogens with zero attached hydrogens (tertiary/aromatic N) is 2. The predicted octanol–water partition coefficient (Wildman–Crippen LogP) is 1.99. The van der Waals surface area contributed by atoms with E-state index in [4.69, 9.17) is 5.73 Å². The van der Waals surface area contributed by atoms with Gasteiger partial charge in [0.2, 0.25) is 5.91 Å². The molecule has 5 heteroatoms. The van der Waals surface area contributed by atoms with Crippen LogP contribution in [0.3, 0.4) is 0 Å². The van der Waals surface area contributed by atoms with Gasteiger partial charge in [0.25, 0.3) is 0 Å². The van der Waals surface area contributed by atoms with Gasteiger partial charge in [-0.05, 0) is 39.3 Å². The van der Waals surface area contributed by atoms with Crippen LogP contribution < -0.4 is 16.0 Å². The maximum Gasteiger partial charge on any atom is 0.244 e. The fraction of sp³-hybridized carbons (Fsp3) is 0.571. The molecule has 19 heavy (non-hydrogen) atoms. The number of amides is 1. The summed E-state index contributed by atoms with van der Waals surface area (Å²) in [6, 6.07) is 3.76. The third-order valence-electron chi connectivity index (χ3n) is 3.35. The topological polar surface area (TPSA) is 71.2 Å². The molecule has 0 saturated carbocycles. The Hall–Kier alpha value is -1.62. The van der Waals surface area contributed by atoms with Crippen LogP contribution in [0.25, 0.3) is 0 Å². The Balaban J connectivity index is 2.75. The minimum Gasteiger partial charge on any atom is -0.357 e. The zero-order valence-corrected chi connectivity index (χ0v) is 12.2. The summed E-state index contributed by atoms with van der Waals surface area (Å²) >= 11 is 0. The SMILES string of the molecule is CCN(CC)c1ccc(NC(=O)C(C)(N)CC)cn1. The smallest absolute Gasteiger partial charge is 0.244 e. The Morgan fingerprint density at radius 3 is 2.42 bits per heavy atom. The highest BCUT2D eigenvalue weighted by Crippen LogP contribution is 2.15. The standard InChI is InChI=1S/C14H24N4O/c1-5-14(4,15)13(19)17-11-8-9-12(16-10-11)18(6-2)7-3/h8-10H,5-7,15H2,1-4H3,(H,17,19). The van der Waals surface area contributed by atoms with Crippen molar-refractivity contribution in [1.82, 2.24) is 4.98 Å². The molecule has 0 aromatic carbocycles. The lowest BCUT2D eigenvalue weighted by molar-refractivity contribution is -0.120. The maximum atomic E-state index is 11.9. The highest BCUT2D eigenvalue weighted by atomic mass is 16.2. The molecule has 0 spiro atoms. The number of hydrogen-bond donors (Lipinski definition) is 2. The van der Waals surface area contributed by atoms with Gasteiger partial charge in [0.1, 0.15) is 5.82 Å². The molecule has 0 fully saturated rings. The summed E-state index contributed by atoms with van der Waals surface area (Å²) in [6.07, 6.45) is 2.25. The van der Waals surface area contributed by atoms with Crippen LogP contribution in [0.2, 0.25) is 0 Å². The number of nitrogens with one attached hydrogen (secondary N) is 1. The van der Waals surface area contributed by atoms with Gasteiger partial charge in [-0.1, -0.05) is 6.92 Å². The molecule has 5 nitrogen and oxygen atoms in total. The summed E-state index contributed by atoms with van der Waals surface area (Å²) in [6.45, 7) is 9.60. The minimum absolute atomic E-state index is 0.188. The lowest BCUT2D eigenvalue weighted by Crippen LogP contribution is -2.47. The number of anilines is 2. The van der Waals surface area contributed by atoms with Crippen molar-refractivity contribution in [3.05, 3.63) is 18.3 Å². The third kappa shape index (κ3) is 3.92. The van der Waals surface area contributed by atoms with Gasteiger partial charge in [-0.3, -0.25) is 4.79 Å². The summed E-state index contributed by atoms with van der Waals surface area (Å²) < 4.78 is 0. The van der Waals surface area contributed by atoms with Crippen molar-refractivity contribution in [2.45, 2.75) is 39.7 Å². The van der Waals surface area contributed by atoms with Gasteiger partial charge in [-0.15, -0.1) is 0 Å². The molecule has 106 valence electrons. The monoisotopic (exact) mass is 264 g/mol. The van der Waals surface area contributed by atoms with Crippen molar-refractivity contribution in [3.8, 4) is 0 Å². The van der Waals surface area contributed by atoms with Crippen molar-refractivity contribution in [2.75, 3.05) is 23.3 Å². The van der Waals surface area contributed by atoms with Gasteiger partial charge >= 0.3 is 0 Å². The largest absolute Gasteiger partial charge is 0.357 e. The van der Waals surface area contributed by atoms with Crippen LogP contribution in [-0.4, -0.2) is 29.5 Å². The van der Waals surface area contributed by atoms with Crippen LogP contribution in [0.5, 0.6) is 0 Å². The van der Waals surface area contributed by atoms with Gasteiger partial charge < -0.3 is 16.0 Å². The quantitative estimate of drug-likeness (QED) is 0.824. The van der Waals surface area contributed by atoms with Crippen LogP contribution in [0.15, 0.2) is 18.3 Å². The van der Waals surface area contributed by atoms with Crippen molar-refractivity contribution in [1.29, 1.82) is 0 Å². The van der Waals surface area contributed by atoms with Gasteiger partial charge in [0.05, 0.1) is 17.4 Å². The van der Waals surface area contributed by atoms with E-state index in [2.05, 4.69) is 29.0 Å². The van der Waals surface area contributed by atoms with E-state index in [1.807, 2.05) is 19.1 Å². The number of rotatable bonds is 6. The Morgan fingerprint density at radius 1 is 1.37 bits per heavy atom. The summed E-state index contributed by atoms with van der Waals surface area (Å²) in [5.74, 6) is 0.724. The van der Waals surface area contributed by atoms with Crippen molar-refractivity contribution in [2.24, 2.45) is 5.73 Å². The highest BCUT2D eigenvalue weighted by molar-refractivity contribution is 5.97. The number of hydrogen-bond acceptors (Lipinski definition) is 4. The van der Waals surface area contributed by atoms with Crippen LogP contribution >= 0.6 is 0 Å². The van der Waals surface area contributed by atoms with Crippen LogP contribution in [-0.2, 0) is 4.79 Å². The molecule has 3 N–H and O–H groups in total. The lowest BCUT2D eigenvalue weighted by Gasteiger charge is -2.22. The first kappa shape index (κ1) is 15.4. The molecule has 1 amide bonds. The Bertz CT molecular complexity index is 410. The van der Waals surface area contributed by atoms with Gasteiger partial charge in [-0.2, -0.15) is 0 Å². The summed E-state index contributed by atoms with van der Waals surface area (Å²) in [7, 11) is 0. The molecule has 0 aliphatic heterocycles. The van der Waals surface area contributed by atoms with E-state index in [0.717, 1.165) is 18.9 Å². The summed E-state index contributed by atoms with van der Waals surface area (Å²) in [5.41, 5.74) is 5.71. The molecule has 1 rings (SSSR count). The molecule has 1 unspecified atom stereocenters. The van der Waals surface area contributed by atoms with Crippen molar-refractivity contribution < 1.29 is 4.79 Å². The molecule has 1 heterocycles. The van der Waals surface area contributed by atoms with E-state index in [9.17, 15) is 4.79 Å². The first-order valence-electron chi connectivity index (χ1n) is 6.75. The second-order valence-corrected chi connectivity index (χ2v) is 4.80. The molecule has 0 saturated heterocycles. The fourth-order valence-electron chi connectivity index (χ4n) is 1.63. The van der Waals surface area contributed by atoms with E-state index in [1.165, 1.54) is 0 Å². The molecule has 0 radical (unpaired) electrons. The van der Waals surface area contributed by atoms with Crippen LogP contribution in [0, 0.1) is 0 Å². The first-order chi connectivity index (χ1) is 8.94. The second-order valence-electron chi connectivity index (χ2n) is 4.80. The van der Waals surface area contributed by atoms with E-state index in [0.29, 0.717) is 12.1 Å². The number of pyridine rings is 1. The molecule has 0 bridgehead atoms. The molecular formula is C14H24N4O. The van der Waals surface area contributed by atoms with Crippen LogP contribution in [0.1, 0.15) is 34.1 Å². The van der Waals surface area contributed by atoms with Gasteiger partial charge in [-0.25, -0.2) is 4.98 Å². The Morgan fingerprint density at radius 2 is 2.00 bits per heavy atom. The van der Waals surface area contributed by atoms with Gasteiger partial charge in [0.15, 0.2) is 0 Å². The second kappa shape index (κ2) is 6.52. The van der Waals surface area contributed by atoms with E-state index in [-0.39, 0.29) is 5.91 Å². The predicted molar refractivity (Wildman–Crippen MR) is 79.3 cm³/mol. The van der Waals surface area contributed by atoms with Crippen molar-refractivity contribution >= 4 is 17.4 Å². The van der Waals surface area contributed by atoms with Crippen molar-refractivity contribution in [3.63, 3.8) is 0 Å². The molecule has 1 aromatic rings. The summed E-state index contributed by atoms with van der Waals surface area (Å²) in [5, 5.41) is 2.79. The molecule has 0 aliphatic carbocycles. The van der Waals surface area contributed by atoms with E-state index in [1.54, 1.807) is 13.1 Å². The third-order valence-corrected chi connectivity index (χ3v) is 3.35. The zero-order valence-electron chi connectivity index (χ0n) is 12.2. The molecule has 0 aliphatic rings. The van der Waals surface area contributed by atoms with Gasteiger partial charge in [0, 0.05) is 13.1 Å². The van der Waals surface area contributed by atoms with E-state index >= 15 is 0 Å². The minimum atomic E-state index is -0.850. The molecular weight excluding hydrogens is 240 g/mol. The number of carbonyl (C=O) groups is 1. The molecule has 1 aromatic heterocycles. The number of aromatic nitrogens is 1. The fourth-order valence-corrected chi connectivity index (χ4v) is 1.63. The molecule has 1 atom stereocenters. The lowest BCUT2D eigenvalue weighted by atomic mass is 9.99. The normalized spacial score (nSPS) is 13.7. The average Bonchev–Trinajstić information content (AvgIpc) is 2.42. The Labute approximate surface area is 115 Å². The maximum absolute atomic E-state index is 11.9. The summed E-state index contributed by atoms with van der Waals surface area (Å²) in [4.78, 5) is 18.4. The first-order valence-corrected chi connectivity index (χ1v) is 6.75. The Kier molecular flexibility index (Phi) is 5.30. The van der Waals surface area contributed by atoms with Crippen LogP contribution in [0.4, 0.5) is 11.5 Å². The zero-order chi connectivity index (χ0) is 14.5.